The summed E-state index contributed by atoms with van der Waals surface area (Å²) in [6.45, 7) is 2.01. The summed E-state index contributed by atoms with van der Waals surface area (Å²) in [6, 6.07) is 0. The monoisotopic (exact) mass is 374 g/mol. The van der Waals surface area contributed by atoms with Crippen molar-refractivity contribution in [2.45, 2.75) is 75.8 Å². The third-order valence-corrected chi connectivity index (χ3v) is 5.50. The van der Waals surface area contributed by atoms with E-state index in [1.165, 1.54) is 0 Å². The normalized spacial score (nSPS) is 32.3. The van der Waals surface area contributed by atoms with Gasteiger partial charge in [0.05, 0.1) is 5.41 Å². The minimum absolute atomic E-state index is 0.238. The van der Waals surface area contributed by atoms with Gasteiger partial charge in [-0.05, 0) is 37.5 Å². The second-order valence-electron chi connectivity index (χ2n) is 7.25. The standard InChI is InChI=1S/C16H23F5O2S/c1-2-4-10-7-11-5-3-6-14(8-10,9-11)13(22)23-12(15(17,18)19)16(20,21)24/h10-12,24H,2-9H2,1H3. The molecule has 2 saturated carbocycles. The van der Waals surface area contributed by atoms with Gasteiger partial charge in [-0.25, -0.2) is 0 Å². The molecule has 2 bridgehead atoms. The third kappa shape index (κ3) is 4.35. The molecule has 8 heteroatoms. The quantitative estimate of drug-likeness (QED) is 0.398. The number of halogens is 5. The number of esters is 1. The van der Waals surface area contributed by atoms with Gasteiger partial charge in [0, 0.05) is 0 Å². The van der Waals surface area contributed by atoms with Crippen molar-refractivity contribution < 1.29 is 31.5 Å². The van der Waals surface area contributed by atoms with Gasteiger partial charge in [-0.3, -0.25) is 4.79 Å². The molecule has 0 aliphatic heterocycles. The van der Waals surface area contributed by atoms with Crippen LogP contribution in [0.1, 0.15) is 58.3 Å². The van der Waals surface area contributed by atoms with E-state index in [0.717, 1.165) is 25.7 Å². The molecule has 2 nitrogen and oxygen atoms in total. The van der Waals surface area contributed by atoms with E-state index < -0.39 is 28.9 Å². The van der Waals surface area contributed by atoms with Crippen LogP contribution in [0.25, 0.3) is 0 Å². The molecule has 0 aromatic rings. The fraction of sp³-hybridized carbons (Fsp3) is 0.938. The molecule has 2 aliphatic carbocycles. The van der Waals surface area contributed by atoms with Gasteiger partial charge in [-0.1, -0.05) is 32.6 Å². The first-order chi connectivity index (χ1) is 11.0. The first kappa shape index (κ1) is 19.8. The highest BCUT2D eigenvalue weighted by molar-refractivity contribution is 7.81. The van der Waals surface area contributed by atoms with Gasteiger partial charge in [0.15, 0.2) is 0 Å². The van der Waals surface area contributed by atoms with Crippen molar-refractivity contribution in [2.75, 3.05) is 0 Å². The molecule has 24 heavy (non-hydrogen) atoms. The molecule has 4 atom stereocenters. The molecule has 0 N–H and O–H groups in total. The maximum absolute atomic E-state index is 13.2. The lowest BCUT2D eigenvalue weighted by molar-refractivity contribution is -0.262. The summed E-state index contributed by atoms with van der Waals surface area (Å²) in [5, 5.41) is -4.46. The number of hydrogen-bond donors (Lipinski definition) is 1. The highest BCUT2D eigenvalue weighted by atomic mass is 32.1. The Morgan fingerprint density at radius 3 is 2.50 bits per heavy atom. The highest BCUT2D eigenvalue weighted by Crippen LogP contribution is 2.53. The van der Waals surface area contributed by atoms with Gasteiger partial charge in [-0.15, -0.1) is 12.6 Å². The van der Waals surface area contributed by atoms with E-state index in [4.69, 9.17) is 0 Å². The zero-order valence-electron chi connectivity index (χ0n) is 13.5. The largest absolute Gasteiger partial charge is 0.445 e. The molecular formula is C16H23F5O2S. The summed E-state index contributed by atoms with van der Waals surface area (Å²) in [7, 11) is 0. The Balaban J connectivity index is 2.19. The molecule has 2 aliphatic rings. The summed E-state index contributed by atoms with van der Waals surface area (Å²) in [5.74, 6) is -0.635. The van der Waals surface area contributed by atoms with Gasteiger partial charge >= 0.3 is 17.4 Å². The van der Waals surface area contributed by atoms with Gasteiger partial charge in [0.1, 0.15) is 0 Å². The van der Waals surface area contributed by atoms with E-state index in [9.17, 15) is 26.7 Å². The van der Waals surface area contributed by atoms with Crippen LogP contribution in [0.4, 0.5) is 22.0 Å². The van der Waals surface area contributed by atoms with Crippen molar-refractivity contribution >= 4 is 18.6 Å². The smallest absolute Gasteiger partial charge is 0.432 e. The van der Waals surface area contributed by atoms with Crippen LogP contribution in [0.2, 0.25) is 0 Å². The molecule has 4 unspecified atom stereocenters. The number of hydrogen-bond acceptors (Lipinski definition) is 3. The summed E-state index contributed by atoms with van der Waals surface area (Å²) >= 11 is 2.69. The Labute approximate surface area is 143 Å². The highest BCUT2D eigenvalue weighted by Gasteiger charge is 2.59. The minimum Gasteiger partial charge on any atom is -0.445 e. The Hall–Kier alpha value is -0.530. The Morgan fingerprint density at radius 1 is 1.29 bits per heavy atom. The number of carbonyl (C=O) groups is 1. The molecule has 0 heterocycles. The van der Waals surface area contributed by atoms with Gasteiger partial charge in [-0.2, -0.15) is 22.0 Å². The SMILES string of the molecule is CCCC1CC2CCCC(C(=O)OC(C(F)(F)F)C(F)(F)S)(C1)C2. The third-order valence-electron chi connectivity index (χ3n) is 5.26. The Morgan fingerprint density at radius 2 is 1.96 bits per heavy atom. The van der Waals surface area contributed by atoms with E-state index in [2.05, 4.69) is 17.4 Å². The zero-order chi connectivity index (χ0) is 18.2. The van der Waals surface area contributed by atoms with Crippen LogP contribution >= 0.6 is 12.6 Å². The van der Waals surface area contributed by atoms with E-state index in [1.54, 1.807) is 0 Å². The van der Waals surface area contributed by atoms with Crippen molar-refractivity contribution in [1.82, 2.24) is 0 Å². The van der Waals surface area contributed by atoms with Crippen molar-refractivity contribution in [3.63, 3.8) is 0 Å². The molecular weight excluding hydrogens is 351 g/mol. The predicted octanol–water partition coefficient (Wildman–Crippen LogP) is 5.37. The summed E-state index contributed by atoms with van der Waals surface area (Å²) in [4.78, 5) is 12.5. The summed E-state index contributed by atoms with van der Waals surface area (Å²) in [5.41, 5.74) is -1.05. The van der Waals surface area contributed by atoms with Crippen molar-refractivity contribution in [2.24, 2.45) is 17.3 Å². The second-order valence-corrected chi connectivity index (χ2v) is 7.85. The lowest BCUT2D eigenvalue weighted by atomic mass is 9.58. The molecule has 0 saturated heterocycles. The molecule has 0 aromatic carbocycles. The van der Waals surface area contributed by atoms with Crippen molar-refractivity contribution in [1.29, 1.82) is 0 Å². The molecule has 0 aromatic heterocycles. The predicted molar refractivity (Wildman–Crippen MR) is 81.9 cm³/mol. The Kier molecular flexibility index (Phi) is 5.77. The molecule has 0 amide bonds. The lowest BCUT2D eigenvalue weighted by Crippen LogP contribution is -2.50. The molecule has 0 spiro atoms. The van der Waals surface area contributed by atoms with E-state index in [1.807, 2.05) is 6.92 Å². The van der Waals surface area contributed by atoms with Crippen LogP contribution in [-0.2, 0) is 9.53 Å². The number of fused-ring (bicyclic) bond motifs is 2. The maximum Gasteiger partial charge on any atom is 0.432 e. The summed E-state index contributed by atoms with van der Waals surface area (Å²) in [6.07, 6.45) is -3.19. The van der Waals surface area contributed by atoms with E-state index >= 15 is 0 Å². The molecule has 140 valence electrons. The van der Waals surface area contributed by atoms with Gasteiger partial charge < -0.3 is 4.74 Å². The number of carbonyl (C=O) groups excluding carboxylic acids is 1. The van der Waals surface area contributed by atoms with Crippen LogP contribution in [0, 0.1) is 17.3 Å². The van der Waals surface area contributed by atoms with Gasteiger partial charge in [0.25, 0.3) is 6.10 Å². The minimum atomic E-state index is -5.36. The fourth-order valence-corrected chi connectivity index (χ4v) is 4.64. The average molecular weight is 374 g/mol. The van der Waals surface area contributed by atoms with Crippen LogP contribution in [0.3, 0.4) is 0 Å². The van der Waals surface area contributed by atoms with Crippen LogP contribution < -0.4 is 0 Å². The van der Waals surface area contributed by atoms with E-state index in [0.29, 0.717) is 25.7 Å². The number of thiol groups is 1. The lowest BCUT2D eigenvalue weighted by Gasteiger charge is -2.47. The molecule has 2 rings (SSSR count). The van der Waals surface area contributed by atoms with Crippen LogP contribution in [0.15, 0.2) is 0 Å². The van der Waals surface area contributed by atoms with Crippen molar-refractivity contribution in [3.05, 3.63) is 0 Å². The van der Waals surface area contributed by atoms with Crippen molar-refractivity contribution in [3.8, 4) is 0 Å². The molecule has 0 radical (unpaired) electrons. The van der Waals surface area contributed by atoms with Crippen LogP contribution in [0.5, 0.6) is 0 Å². The maximum atomic E-state index is 13.2. The average Bonchev–Trinajstić information content (AvgIpc) is 2.42. The number of alkyl halides is 5. The Bertz CT molecular complexity index is 448. The number of rotatable bonds is 5. The first-order valence-electron chi connectivity index (χ1n) is 8.36. The first-order valence-corrected chi connectivity index (χ1v) is 8.80. The molecule has 2 fully saturated rings. The number of ether oxygens (including phenoxy) is 1. The fourth-order valence-electron chi connectivity index (χ4n) is 4.44. The zero-order valence-corrected chi connectivity index (χ0v) is 14.4. The topological polar surface area (TPSA) is 26.3 Å². The summed E-state index contributed by atoms with van der Waals surface area (Å²) < 4.78 is 69.3. The second kappa shape index (κ2) is 7.00. The van der Waals surface area contributed by atoms with E-state index in [-0.39, 0.29) is 11.8 Å². The van der Waals surface area contributed by atoms with Gasteiger partial charge in [0.2, 0.25) is 0 Å². The van der Waals surface area contributed by atoms with Crippen LogP contribution in [-0.4, -0.2) is 23.5 Å².